The highest BCUT2D eigenvalue weighted by Gasteiger charge is 2.13. The molecule has 0 spiro atoms. The van der Waals surface area contributed by atoms with Crippen LogP contribution in [-0.4, -0.2) is 44.3 Å². The third-order valence-electron chi connectivity index (χ3n) is 3.88. The van der Waals surface area contributed by atoms with Crippen LogP contribution in [0.15, 0.2) is 59.3 Å². The number of rotatable bonds is 7. The van der Waals surface area contributed by atoms with Gasteiger partial charge in [-0.25, -0.2) is 8.42 Å². The van der Waals surface area contributed by atoms with Crippen LogP contribution in [0.25, 0.3) is 11.5 Å². The largest absolute Gasteiger partial charge is 0.485 e. The highest BCUT2D eigenvalue weighted by Crippen LogP contribution is 2.21. The molecule has 140 valence electrons. The van der Waals surface area contributed by atoms with Crippen molar-refractivity contribution in [3.8, 4) is 17.2 Å². The van der Waals surface area contributed by atoms with Gasteiger partial charge in [0.1, 0.15) is 5.75 Å². The van der Waals surface area contributed by atoms with E-state index in [0.29, 0.717) is 22.9 Å². The number of hydrogen-bond donors (Lipinski definition) is 0. The summed E-state index contributed by atoms with van der Waals surface area (Å²) in [5.74, 6) is 0.710. The van der Waals surface area contributed by atoms with Gasteiger partial charge < -0.3 is 9.15 Å². The summed E-state index contributed by atoms with van der Waals surface area (Å²) in [7, 11) is -1.89. The summed E-state index contributed by atoms with van der Waals surface area (Å²) >= 11 is 0. The predicted octanol–water partition coefficient (Wildman–Crippen LogP) is 2.39. The van der Waals surface area contributed by atoms with E-state index in [1.807, 2.05) is 0 Å². The zero-order chi connectivity index (χ0) is 19.4. The van der Waals surface area contributed by atoms with Gasteiger partial charge in [-0.3, -0.25) is 9.10 Å². The monoisotopic (exact) mass is 387 g/mol. The van der Waals surface area contributed by atoms with Crippen molar-refractivity contribution < 1.29 is 22.4 Å². The number of benzene rings is 2. The molecule has 3 rings (SSSR count). The Balaban J connectivity index is 1.61. The standard InChI is InChI=1S/C18H17N3O5S/c1-21(27(2,23)24)15-7-3-13(4-8-15)17(22)11-25-16-9-5-14(6-10-16)18-20-19-12-26-18/h3-10,12H,11H2,1-2H3. The van der Waals surface area contributed by atoms with Crippen molar-refractivity contribution in [3.63, 3.8) is 0 Å². The summed E-state index contributed by atoms with van der Waals surface area (Å²) in [4.78, 5) is 12.3. The molecule has 0 amide bonds. The van der Waals surface area contributed by atoms with Gasteiger partial charge in [0, 0.05) is 18.2 Å². The van der Waals surface area contributed by atoms with Crippen molar-refractivity contribution in [2.75, 3.05) is 24.2 Å². The van der Waals surface area contributed by atoms with Crippen molar-refractivity contribution in [1.82, 2.24) is 10.2 Å². The minimum atomic E-state index is -3.35. The predicted molar refractivity (Wildman–Crippen MR) is 99.2 cm³/mol. The first-order valence-electron chi connectivity index (χ1n) is 7.91. The second-order valence-electron chi connectivity index (χ2n) is 5.76. The second-order valence-corrected chi connectivity index (χ2v) is 7.77. The van der Waals surface area contributed by atoms with E-state index in [2.05, 4.69) is 10.2 Å². The molecule has 0 radical (unpaired) electrons. The molecule has 9 heteroatoms. The van der Waals surface area contributed by atoms with Crippen molar-refractivity contribution in [2.24, 2.45) is 0 Å². The number of carbonyl (C=O) groups excluding carboxylic acids is 1. The summed E-state index contributed by atoms with van der Waals surface area (Å²) in [6.45, 7) is -0.138. The maximum atomic E-state index is 12.3. The molecule has 0 aliphatic carbocycles. The molecule has 0 bridgehead atoms. The summed E-state index contributed by atoms with van der Waals surface area (Å²) in [6, 6.07) is 13.2. The molecule has 8 nitrogen and oxygen atoms in total. The van der Waals surface area contributed by atoms with Crippen LogP contribution in [0.2, 0.25) is 0 Å². The van der Waals surface area contributed by atoms with Crippen LogP contribution < -0.4 is 9.04 Å². The summed E-state index contributed by atoms with van der Waals surface area (Å²) in [6.07, 6.45) is 2.36. The molecule has 1 heterocycles. The van der Waals surface area contributed by atoms with E-state index < -0.39 is 10.0 Å². The molecule has 1 aromatic heterocycles. The van der Waals surface area contributed by atoms with Crippen LogP contribution in [0.3, 0.4) is 0 Å². The number of ketones is 1. The van der Waals surface area contributed by atoms with Gasteiger partial charge >= 0.3 is 0 Å². The first-order valence-corrected chi connectivity index (χ1v) is 9.76. The zero-order valence-electron chi connectivity index (χ0n) is 14.7. The van der Waals surface area contributed by atoms with E-state index in [9.17, 15) is 13.2 Å². The Morgan fingerprint density at radius 2 is 1.78 bits per heavy atom. The van der Waals surface area contributed by atoms with Crippen LogP contribution in [0.5, 0.6) is 5.75 Å². The normalized spacial score (nSPS) is 11.2. The third-order valence-corrected chi connectivity index (χ3v) is 5.09. The quantitative estimate of drug-likeness (QED) is 0.574. The fourth-order valence-corrected chi connectivity index (χ4v) is 2.78. The summed E-state index contributed by atoms with van der Waals surface area (Å²) in [5.41, 5.74) is 1.66. The van der Waals surface area contributed by atoms with Gasteiger partial charge in [0.2, 0.25) is 22.3 Å². The molecule has 0 saturated carbocycles. The maximum Gasteiger partial charge on any atom is 0.247 e. The minimum Gasteiger partial charge on any atom is -0.485 e. The van der Waals surface area contributed by atoms with Gasteiger partial charge in [-0.2, -0.15) is 0 Å². The van der Waals surface area contributed by atoms with Crippen molar-refractivity contribution in [2.45, 2.75) is 0 Å². The molecule has 27 heavy (non-hydrogen) atoms. The Labute approximate surface area is 156 Å². The number of ether oxygens (including phenoxy) is 1. The van der Waals surface area contributed by atoms with Crippen LogP contribution in [0, 0.1) is 0 Å². The molecular weight excluding hydrogens is 370 g/mol. The van der Waals surface area contributed by atoms with E-state index in [1.165, 1.54) is 13.4 Å². The van der Waals surface area contributed by atoms with E-state index in [1.54, 1.807) is 48.5 Å². The highest BCUT2D eigenvalue weighted by molar-refractivity contribution is 7.92. The number of aromatic nitrogens is 2. The van der Waals surface area contributed by atoms with E-state index in [4.69, 9.17) is 9.15 Å². The average molecular weight is 387 g/mol. The molecule has 3 aromatic rings. The van der Waals surface area contributed by atoms with Gasteiger partial charge in [0.15, 0.2) is 12.4 Å². The molecule has 2 aromatic carbocycles. The zero-order valence-corrected chi connectivity index (χ0v) is 15.5. The number of sulfonamides is 1. The Kier molecular flexibility index (Phi) is 5.22. The van der Waals surface area contributed by atoms with Crippen molar-refractivity contribution >= 4 is 21.5 Å². The Morgan fingerprint density at radius 3 is 2.33 bits per heavy atom. The van der Waals surface area contributed by atoms with Crippen LogP contribution in [0.4, 0.5) is 5.69 Å². The molecular formula is C18H17N3O5S. The minimum absolute atomic E-state index is 0.138. The smallest absolute Gasteiger partial charge is 0.247 e. The molecule has 0 fully saturated rings. The van der Waals surface area contributed by atoms with Gasteiger partial charge in [-0.05, 0) is 48.5 Å². The molecule has 0 unspecified atom stereocenters. The molecule has 0 N–H and O–H groups in total. The Bertz CT molecular complexity index is 1010. The Morgan fingerprint density at radius 1 is 1.11 bits per heavy atom. The van der Waals surface area contributed by atoms with E-state index in [0.717, 1.165) is 16.1 Å². The number of Topliss-reactive ketones (excluding diaryl/α,β-unsaturated/α-hetero) is 1. The van der Waals surface area contributed by atoms with Crippen LogP contribution >= 0.6 is 0 Å². The SMILES string of the molecule is CN(c1ccc(C(=O)COc2ccc(-c3nnco3)cc2)cc1)S(C)(=O)=O. The topological polar surface area (TPSA) is 103 Å². The molecule has 0 aliphatic rings. The first-order chi connectivity index (χ1) is 12.8. The number of anilines is 1. The third kappa shape index (κ3) is 4.50. The lowest BCUT2D eigenvalue weighted by molar-refractivity contribution is 0.0921. The lowest BCUT2D eigenvalue weighted by atomic mass is 10.1. The first kappa shape index (κ1) is 18.6. The molecule has 0 saturated heterocycles. The Hall–Kier alpha value is -3.20. The van der Waals surface area contributed by atoms with Gasteiger partial charge in [0.25, 0.3) is 0 Å². The summed E-state index contributed by atoms with van der Waals surface area (Å²) in [5, 5.41) is 7.43. The van der Waals surface area contributed by atoms with Crippen LogP contribution in [-0.2, 0) is 10.0 Å². The maximum absolute atomic E-state index is 12.3. The van der Waals surface area contributed by atoms with Crippen molar-refractivity contribution in [3.05, 3.63) is 60.5 Å². The average Bonchev–Trinajstić information content (AvgIpc) is 3.20. The fraction of sp³-hybridized carbons (Fsp3) is 0.167. The van der Waals surface area contributed by atoms with E-state index in [-0.39, 0.29) is 12.4 Å². The molecule has 0 aliphatic heterocycles. The lowest BCUT2D eigenvalue weighted by Gasteiger charge is -2.16. The highest BCUT2D eigenvalue weighted by atomic mass is 32.2. The number of carbonyl (C=O) groups is 1. The summed E-state index contributed by atoms with van der Waals surface area (Å²) < 4.78 is 34.8. The lowest BCUT2D eigenvalue weighted by Crippen LogP contribution is -2.24. The van der Waals surface area contributed by atoms with Crippen molar-refractivity contribution in [1.29, 1.82) is 0 Å². The van der Waals surface area contributed by atoms with Gasteiger partial charge in [-0.15, -0.1) is 10.2 Å². The number of nitrogens with zero attached hydrogens (tertiary/aromatic N) is 3. The molecule has 0 atom stereocenters. The fourth-order valence-electron chi connectivity index (χ4n) is 2.27. The van der Waals surface area contributed by atoms with E-state index >= 15 is 0 Å². The van der Waals surface area contributed by atoms with Gasteiger partial charge in [-0.1, -0.05) is 0 Å². The van der Waals surface area contributed by atoms with Crippen LogP contribution in [0.1, 0.15) is 10.4 Å². The second kappa shape index (κ2) is 7.58. The number of hydrogen-bond acceptors (Lipinski definition) is 7. The van der Waals surface area contributed by atoms with Gasteiger partial charge in [0.05, 0.1) is 11.9 Å².